The molecule has 6 heteroatoms. The molecule has 0 saturated carbocycles. The van der Waals surface area contributed by atoms with E-state index in [9.17, 15) is 0 Å². The Labute approximate surface area is 198 Å². The van der Waals surface area contributed by atoms with Gasteiger partial charge in [-0.05, 0) is 21.0 Å². The summed E-state index contributed by atoms with van der Waals surface area (Å²) < 4.78 is 0. The van der Waals surface area contributed by atoms with Crippen LogP contribution in [0.1, 0.15) is 5.56 Å². The molecule has 0 atom stereocenters. The Morgan fingerprint density at radius 2 is 1.14 bits per heavy atom. The summed E-state index contributed by atoms with van der Waals surface area (Å²) in [5.41, 5.74) is 2.08. The SMILES string of the molecule is CNCCNCCNCCNC.[B]c1ccc(C)cc1.[CH3-].[Cs+]. The topological polar surface area (TPSA) is 48.1 Å². The number of rotatable bonds is 9. The summed E-state index contributed by atoms with van der Waals surface area (Å²) in [7, 11) is 9.36. The first-order chi connectivity index (χ1) is 9.70. The van der Waals surface area contributed by atoms with E-state index in [2.05, 4.69) is 21.3 Å². The monoisotopic (exact) mass is 424 g/mol. The van der Waals surface area contributed by atoms with Crippen LogP contribution in [-0.2, 0) is 0 Å². The zero-order valence-corrected chi connectivity index (χ0v) is 21.4. The molecule has 1 aromatic rings. The third kappa shape index (κ3) is 21.2. The van der Waals surface area contributed by atoms with Crippen molar-refractivity contribution in [1.82, 2.24) is 21.3 Å². The number of likely N-dealkylation sites (N-methyl/N-ethyl adjacent to an activating group) is 2. The van der Waals surface area contributed by atoms with Crippen molar-refractivity contribution in [2.45, 2.75) is 6.92 Å². The molecule has 4 N–H and O–H groups in total. The van der Waals surface area contributed by atoms with Crippen LogP contribution in [0.25, 0.3) is 0 Å². The van der Waals surface area contributed by atoms with Crippen LogP contribution in [0.15, 0.2) is 24.3 Å². The number of hydrogen-bond donors (Lipinski definition) is 4. The van der Waals surface area contributed by atoms with Crippen molar-refractivity contribution >= 4 is 13.3 Å². The molecule has 0 saturated heterocycles. The molecule has 0 unspecified atom stereocenters. The summed E-state index contributed by atoms with van der Waals surface area (Å²) >= 11 is 0. The third-order valence-electron chi connectivity index (χ3n) is 2.66. The van der Waals surface area contributed by atoms with E-state index < -0.39 is 0 Å². The van der Waals surface area contributed by atoms with E-state index >= 15 is 0 Å². The molecule has 0 aliphatic heterocycles. The van der Waals surface area contributed by atoms with Crippen LogP contribution in [0.3, 0.4) is 0 Å². The summed E-state index contributed by atoms with van der Waals surface area (Å²) in [4.78, 5) is 0. The molecule has 4 nitrogen and oxygen atoms in total. The standard InChI is InChI=1S/C8H22N4.C7H7B.CH3.Cs/c1-9-3-5-11-7-8-12-6-4-10-2;1-6-2-4-7(8)5-3-6;;/h9-12H,3-8H2,1-2H3;2-5H,1H3;1H3;/q;;-1;+1. The first-order valence-electron chi connectivity index (χ1n) is 7.23. The van der Waals surface area contributed by atoms with E-state index in [1.165, 1.54) is 5.56 Å². The van der Waals surface area contributed by atoms with E-state index in [1.807, 2.05) is 45.3 Å². The maximum atomic E-state index is 5.43. The van der Waals surface area contributed by atoms with Gasteiger partial charge in [0.15, 0.2) is 0 Å². The van der Waals surface area contributed by atoms with Gasteiger partial charge >= 0.3 is 68.9 Å². The van der Waals surface area contributed by atoms with Gasteiger partial charge in [-0.1, -0.05) is 35.3 Å². The van der Waals surface area contributed by atoms with Crippen molar-refractivity contribution in [2.24, 2.45) is 0 Å². The Kier molecular flexibility index (Phi) is 28.2. The Bertz CT molecular complexity index is 279. The van der Waals surface area contributed by atoms with Crippen molar-refractivity contribution in [1.29, 1.82) is 0 Å². The smallest absolute Gasteiger partial charge is 0.358 e. The molecule has 22 heavy (non-hydrogen) atoms. The van der Waals surface area contributed by atoms with Gasteiger partial charge in [0.1, 0.15) is 7.85 Å². The Morgan fingerprint density at radius 1 is 0.773 bits per heavy atom. The van der Waals surface area contributed by atoms with Crippen LogP contribution < -0.4 is 95.6 Å². The van der Waals surface area contributed by atoms with E-state index in [1.54, 1.807) is 0 Å². The fourth-order valence-corrected chi connectivity index (χ4v) is 1.42. The number of hydrogen-bond acceptors (Lipinski definition) is 4. The molecule has 0 bridgehead atoms. The Balaban J connectivity index is -0.000000318. The summed E-state index contributed by atoms with van der Waals surface area (Å²) in [5.74, 6) is 0. The van der Waals surface area contributed by atoms with E-state index in [4.69, 9.17) is 7.85 Å². The van der Waals surface area contributed by atoms with Gasteiger partial charge in [-0.15, -0.1) is 0 Å². The minimum atomic E-state index is 0. The second kappa shape index (κ2) is 22.2. The Hall–Kier alpha value is 1.18. The van der Waals surface area contributed by atoms with Gasteiger partial charge in [0, 0.05) is 39.3 Å². The van der Waals surface area contributed by atoms with E-state index in [-0.39, 0.29) is 76.3 Å². The minimum Gasteiger partial charge on any atom is -0.358 e. The van der Waals surface area contributed by atoms with Crippen LogP contribution in [0.2, 0.25) is 0 Å². The molecule has 1 rings (SSSR count). The maximum Gasteiger partial charge on any atom is 1.00 e. The van der Waals surface area contributed by atoms with Gasteiger partial charge in [-0.2, -0.15) is 0 Å². The van der Waals surface area contributed by atoms with Gasteiger partial charge in [-0.3, -0.25) is 0 Å². The molecular formula is C16H32BCsN4. The second-order valence-corrected chi connectivity index (χ2v) is 4.62. The Morgan fingerprint density at radius 3 is 1.45 bits per heavy atom. The molecule has 0 fully saturated rings. The zero-order valence-electron chi connectivity index (χ0n) is 15.1. The molecular weight excluding hydrogens is 392 g/mol. The first-order valence-corrected chi connectivity index (χ1v) is 7.23. The van der Waals surface area contributed by atoms with Crippen molar-refractivity contribution in [3.63, 3.8) is 0 Å². The largest absolute Gasteiger partial charge is 1.00 e. The summed E-state index contributed by atoms with van der Waals surface area (Å²) in [6, 6.07) is 7.79. The average molecular weight is 424 g/mol. The van der Waals surface area contributed by atoms with E-state index in [0.29, 0.717) is 0 Å². The fourth-order valence-electron chi connectivity index (χ4n) is 1.42. The van der Waals surface area contributed by atoms with Crippen LogP contribution in [0, 0.1) is 14.4 Å². The van der Waals surface area contributed by atoms with Gasteiger partial charge in [0.2, 0.25) is 0 Å². The quantitative estimate of drug-likeness (QED) is 0.192. The first kappa shape index (κ1) is 28.0. The average Bonchev–Trinajstić information content (AvgIpc) is 2.46. The number of benzene rings is 1. The van der Waals surface area contributed by atoms with Crippen molar-refractivity contribution in [3.8, 4) is 0 Å². The number of nitrogens with one attached hydrogen (secondary N) is 4. The van der Waals surface area contributed by atoms with Crippen LogP contribution >= 0.6 is 0 Å². The van der Waals surface area contributed by atoms with Gasteiger partial charge < -0.3 is 28.7 Å². The van der Waals surface area contributed by atoms with Crippen LogP contribution in [0.4, 0.5) is 0 Å². The van der Waals surface area contributed by atoms with Crippen molar-refractivity contribution < 1.29 is 68.9 Å². The normalized spacial score (nSPS) is 9.05. The van der Waals surface area contributed by atoms with E-state index in [0.717, 1.165) is 44.7 Å². The molecule has 1 aromatic carbocycles. The molecule has 0 amide bonds. The van der Waals surface area contributed by atoms with Crippen LogP contribution in [-0.4, -0.2) is 61.2 Å². The number of aryl methyl sites for hydroxylation is 1. The molecule has 0 aromatic heterocycles. The van der Waals surface area contributed by atoms with Crippen molar-refractivity contribution in [3.05, 3.63) is 37.3 Å². The predicted molar refractivity (Wildman–Crippen MR) is 96.6 cm³/mol. The predicted octanol–water partition coefficient (Wildman–Crippen LogP) is -3.15. The van der Waals surface area contributed by atoms with Gasteiger partial charge in [-0.25, -0.2) is 0 Å². The van der Waals surface area contributed by atoms with Crippen LogP contribution in [0.5, 0.6) is 0 Å². The maximum absolute atomic E-state index is 5.43. The molecule has 0 spiro atoms. The molecule has 0 aliphatic rings. The second-order valence-electron chi connectivity index (χ2n) is 4.62. The van der Waals surface area contributed by atoms with Gasteiger partial charge in [0.25, 0.3) is 0 Å². The van der Waals surface area contributed by atoms with Crippen molar-refractivity contribution in [2.75, 3.05) is 53.4 Å². The molecule has 0 aliphatic carbocycles. The molecule has 0 heterocycles. The fraction of sp³-hybridized carbons (Fsp3) is 0.562. The minimum absolute atomic E-state index is 0. The summed E-state index contributed by atoms with van der Waals surface area (Å²) in [5, 5.41) is 12.8. The summed E-state index contributed by atoms with van der Waals surface area (Å²) in [6.07, 6.45) is 0. The third-order valence-corrected chi connectivity index (χ3v) is 2.66. The molecule has 2 radical (unpaired) electrons. The zero-order chi connectivity index (χ0) is 15.1. The molecule has 120 valence electrons. The van der Waals surface area contributed by atoms with Gasteiger partial charge in [0.05, 0.1) is 0 Å². The summed E-state index contributed by atoms with van der Waals surface area (Å²) in [6.45, 7) is 8.30.